The van der Waals surface area contributed by atoms with E-state index >= 15 is 0 Å². The number of hydrogen-bond acceptors (Lipinski definition) is 3. The molecule has 2 rings (SSSR count). The predicted octanol–water partition coefficient (Wildman–Crippen LogP) is 2.16. The van der Waals surface area contributed by atoms with Crippen LogP contribution in [0.1, 0.15) is 19.4 Å². The Labute approximate surface area is 124 Å². The lowest BCUT2D eigenvalue weighted by Crippen LogP contribution is -2.57. The van der Waals surface area contributed by atoms with E-state index in [0.29, 0.717) is 13.1 Å². The number of benzene rings is 1. The van der Waals surface area contributed by atoms with Gasteiger partial charge in [-0.1, -0.05) is 11.6 Å². The minimum atomic E-state index is -3.72. The van der Waals surface area contributed by atoms with Crippen molar-refractivity contribution < 1.29 is 12.8 Å². The molecular weight excluding hydrogens is 303 g/mol. The molecule has 0 bridgehead atoms. The summed E-state index contributed by atoms with van der Waals surface area (Å²) in [6.07, 6.45) is 0. The highest BCUT2D eigenvalue weighted by Crippen LogP contribution is 2.29. The van der Waals surface area contributed by atoms with Gasteiger partial charge in [0.25, 0.3) is 0 Å². The lowest BCUT2D eigenvalue weighted by Gasteiger charge is -2.37. The van der Waals surface area contributed by atoms with E-state index in [0.717, 1.165) is 6.07 Å². The van der Waals surface area contributed by atoms with Gasteiger partial charge in [-0.05, 0) is 38.5 Å². The average molecular weight is 321 g/mol. The van der Waals surface area contributed by atoms with Gasteiger partial charge in [-0.25, -0.2) is 12.8 Å². The van der Waals surface area contributed by atoms with Gasteiger partial charge in [0.2, 0.25) is 10.0 Å². The first kappa shape index (κ1) is 15.7. The summed E-state index contributed by atoms with van der Waals surface area (Å²) >= 11 is 5.93. The van der Waals surface area contributed by atoms with Crippen LogP contribution in [-0.2, 0) is 10.0 Å². The molecule has 112 valence electrons. The van der Waals surface area contributed by atoms with E-state index in [4.69, 9.17) is 11.6 Å². The number of nitrogens with zero attached hydrogens (tertiary/aromatic N) is 1. The minimum Gasteiger partial charge on any atom is -0.311 e. The van der Waals surface area contributed by atoms with Gasteiger partial charge < -0.3 is 5.32 Å². The summed E-state index contributed by atoms with van der Waals surface area (Å²) in [5.74, 6) is -0.504. The van der Waals surface area contributed by atoms with E-state index in [1.54, 1.807) is 0 Å². The highest BCUT2D eigenvalue weighted by Gasteiger charge is 2.35. The highest BCUT2D eigenvalue weighted by molar-refractivity contribution is 7.89. The largest absolute Gasteiger partial charge is 0.311 e. The molecule has 0 aliphatic carbocycles. The number of aryl methyl sites for hydroxylation is 1. The maximum Gasteiger partial charge on any atom is 0.244 e. The average Bonchev–Trinajstić information content (AvgIpc) is 2.36. The second-order valence-corrected chi connectivity index (χ2v) is 7.40. The summed E-state index contributed by atoms with van der Waals surface area (Å²) in [5.41, 5.74) is 0.267. The zero-order chi connectivity index (χ0) is 15.1. The quantitative estimate of drug-likeness (QED) is 0.908. The molecule has 0 saturated carbocycles. The van der Waals surface area contributed by atoms with Gasteiger partial charge >= 0.3 is 0 Å². The molecule has 4 nitrogen and oxygen atoms in total. The van der Waals surface area contributed by atoms with E-state index in [-0.39, 0.29) is 27.6 Å². The first-order chi connectivity index (χ1) is 9.25. The molecule has 1 aliphatic rings. The van der Waals surface area contributed by atoms with Gasteiger partial charge in [0.05, 0.1) is 5.02 Å². The van der Waals surface area contributed by atoms with Gasteiger partial charge in [0, 0.05) is 25.2 Å². The van der Waals surface area contributed by atoms with E-state index < -0.39 is 15.8 Å². The summed E-state index contributed by atoms with van der Waals surface area (Å²) in [6.45, 7) is 6.26. The van der Waals surface area contributed by atoms with Crippen LogP contribution in [0.5, 0.6) is 0 Å². The van der Waals surface area contributed by atoms with Crippen LogP contribution in [0, 0.1) is 12.7 Å². The zero-order valence-corrected chi connectivity index (χ0v) is 13.2. The summed E-state index contributed by atoms with van der Waals surface area (Å²) in [4.78, 5) is -0.0287. The Hall–Kier alpha value is -0.690. The van der Waals surface area contributed by atoms with Crippen molar-refractivity contribution in [1.29, 1.82) is 0 Å². The maximum atomic E-state index is 13.4. The molecule has 1 N–H and O–H groups in total. The number of piperazine rings is 1. The molecule has 1 heterocycles. The van der Waals surface area contributed by atoms with Crippen LogP contribution in [0.3, 0.4) is 0 Å². The van der Waals surface area contributed by atoms with Crippen LogP contribution in [0.4, 0.5) is 4.39 Å². The molecule has 1 fully saturated rings. The van der Waals surface area contributed by atoms with Crippen molar-refractivity contribution in [3.05, 3.63) is 28.5 Å². The maximum absolute atomic E-state index is 13.4. The van der Waals surface area contributed by atoms with Crippen LogP contribution < -0.4 is 5.32 Å². The Balaban J connectivity index is 2.47. The Morgan fingerprint density at radius 3 is 2.70 bits per heavy atom. The fourth-order valence-electron chi connectivity index (χ4n) is 2.32. The first-order valence-corrected chi connectivity index (χ1v) is 8.28. The molecule has 7 heteroatoms. The molecule has 1 aromatic carbocycles. The van der Waals surface area contributed by atoms with Gasteiger partial charge in [-0.2, -0.15) is 4.31 Å². The van der Waals surface area contributed by atoms with Gasteiger partial charge in [0.1, 0.15) is 10.7 Å². The molecule has 0 spiro atoms. The Kier molecular flexibility index (Phi) is 4.39. The predicted molar refractivity (Wildman–Crippen MR) is 77.0 cm³/mol. The normalized spacial score (nSPS) is 24.9. The Morgan fingerprint density at radius 2 is 2.05 bits per heavy atom. The molecule has 0 aromatic heterocycles. The van der Waals surface area contributed by atoms with Crippen LogP contribution in [-0.4, -0.2) is 37.9 Å². The van der Waals surface area contributed by atoms with Crippen molar-refractivity contribution in [2.24, 2.45) is 0 Å². The molecule has 1 saturated heterocycles. The third kappa shape index (κ3) is 2.70. The topological polar surface area (TPSA) is 49.4 Å². The Bertz CT molecular complexity index is 621. The van der Waals surface area contributed by atoms with Crippen LogP contribution in [0.2, 0.25) is 5.02 Å². The molecular formula is C13H18ClFN2O2S. The first-order valence-electron chi connectivity index (χ1n) is 6.46. The SMILES string of the molecule is Cc1cc(S(=O)(=O)N2CCNC(C)C2C)c(Cl)cc1F. The van der Waals surface area contributed by atoms with Crippen molar-refractivity contribution in [3.8, 4) is 0 Å². The number of halogens is 2. The van der Waals surface area contributed by atoms with E-state index in [1.165, 1.54) is 17.3 Å². The number of sulfonamides is 1. The molecule has 0 amide bonds. The smallest absolute Gasteiger partial charge is 0.244 e. The van der Waals surface area contributed by atoms with Crippen molar-refractivity contribution >= 4 is 21.6 Å². The Morgan fingerprint density at radius 1 is 1.40 bits per heavy atom. The van der Waals surface area contributed by atoms with Crippen LogP contribution in [0.15, 0.2) is 17.0 Å². The second-order valence-electron chi connectivity index (χ2n) is 5.13. The summed E-state index contributed by atoms with van der Waals surface area (Å²) in [7, 11) is -3.72. The third-order valence-corrected chi connectivity index (χ3v) is 6.23. The standard InChI is InChI=1S/C13H18ClFN2O2S/c1-8-6-13(11(14)7-12(8)15)20(18,19)17-5-4-16-9(2)10(17)3/h6-7,9-10,16H,4-5H2,1-3H3. The molecule has 0 radical (unpaired) electrons. The number of rotatable bonds is 2. The van der Waals surface area contributed by atoms with Crippen molar-refractivity contribution in [1.82, 2.24) is 9.62 Å². The second kappa shape index (κ2) is 5.60. The van der Waals surface area contributed by atoms with Crippen molar-refractivity contribution in [2.75, 3.05) is 13.1 Å². The molecule has 20 heavy (non-hydrogen) atoms. The third-order valence-electron chi connectivity index (χ3n) is 3.78. The molecule has 2 atom stereocenters. The van der Waals surface area contributed by atoms with E-state index in [9.17, 15) is 12.8 Å². The van der Waals surface area contributed by atoms with Gasteiger partial charge in [-0.3, -0.25) is 0 Å². The summed E-state index contributed by atoms with van der Waals surface area (Å²) < 4.78 is 40.3. The van der Waals surface area contributed by atoms with Crippen molar-refractivity contribution in [2.45, 2.75) is 37.8 Å². The molecule has 2 unspecified atom stereocenters. The van der Waals surface area contributed by atoms with Crippen molar-refractivity contribution in [3.63, 3.8) is 0 Å². The fourth-order valence-corrected chi connectivity index (χ4v) is 4.60. The monoisotopic (exact) mass is 320 g/mol. The van der Waals surface area contributed by atoms with Gasteiger partial charge in [0.15, 0.2) is 0 Å². The van der Waals surface area contributed by atoms with E-state index in [2.05, 4.69) is 5.32 Å². The van der Waals surface area contributed by atoms with E-state index in [1.807, 2.05) is 13.8 Å². The molecule has 1 aliphatic heterocycles. The van der Waals surface area contributed by atoms with Gasteiger partial charge in [-0.15, -0.1) is 0 Å². The minimum absolute atomic E-state index is 0.0287. The lowest BCUT2D eigenvalue weighted by molar-refractivity contribution is 0.233. The fraction of sp³-hybridized carbons (Fsp3) is 0.538. The number of nitrogens with one attached hydrogen (secondary N) is 1. The summed E-state index contributed by atoms with van der Waals surface area (Å²) in [5, 5.41) is 3.14. The van der Waals surface area contributed by atoms with Crippen LogP contribution >= 0.6 is 11.6 Å². The lowest BCUT2D eigenvalue weighted by atomic mass is 10.1. The summed E-state index contributed by atoms with van der Waals surface area (Å²) in [6, 6.07) is 2.22. The van der Waals surface area contributed by atoms with Crippen LogP contribution in [0.25, 0.3) is 0 Å². The number of hydrogen-bond donors (Lipinski definition) is 1. The zero-order valence-electron chi connectivity index (χ0n) is 11.7. The molecule has 1 aromatic rings. The highest BCUT2D eigenvalue weighted by atomic mass is 35.5.